The van der Waals surface area contributed by atoms with E-state index in [4.69, 9.17) is 14.2 Å². The number of rotatable bonds is 52. The van der Waals surface area contributed by atoms with Gasteiger partial charge >= 0.3 is 11.9 Å². The lowest BCUT2D eigenvalue weighted by atomic mass is 10.0. The van der Waals surface area contributed by atoms with E-state index in [1.807, 2.05) is 0 Å². The van der Waals surface area contributed by atoms with E-state index in [0.717, 1.165) is 77.0 Å². The Morgan fingerprint density at radius 3 is 1.16 bits per heavy atom. The molecule has 374 valence electrons. The van der Waals surface area contributed by atoms with Gasteiger partial charge in [0.05, 0.1) is 6.61 Å². The Hall–Kier alpha value is -2.14. The fraction of sp³-hybridized carbons (Fsp3) is 0.831. The van der Waals surface area contributed by atoms with Crippen LogP contribution in [0, 0.1) is 0 Å². The van der Waals surface area contributed by atoms with Crippen molar-refractivity contribution < 1.29 is 23.8 Å². The minimum Gasteiger partial charge on any atom is -0.462 e. The summed E-state index contributed by atoms with van der Waals surface area (Å²) in [5.74, 6) is -0.414. The van der Waals surface area contributed by atoms with Crippen LogP contribution in [0.2, 0.25) is 0 Å². The summed E-state index contributed by atoms with van der Waals surface area (Å²) in [4.78, 5) is 25.4. The zero-order chi connectivity index (χ0) is 46.3. The Bertz CT molecular complexity index is 1060. The SMILES string of the molecule is CC/C=C\C/C=C\C/C=C\CCCCCCCC(=O)OCC(COCCCCCCCCCCCCCCCCCCCCCC)OC(=O)CCCCCCC/C=C\CCCCCC. The third kappa shape index (κ3) is 52.5. The first-order valence-electron chi connectivity index (χ1n) is 28.2. The lowest BCUT2D eigenvalue weighted by Gasteiger charge is -2.18. The zero-order valence-electron chi connectivity index (χ0n) is 43.1. The summed E-state index contributed by atoms with van der Waals surface area (Å²) in [7, 11) is 0. The summed E-state index contributed by atoms with van der Waals surface area (Å²) in [5, 5.41) is 0. The number of esters is 2. The van der Waals surface area contributed by atoms with E-state index >= 15 is 0 Å². The predicted octanol–water partition coefficient (Wildman–Crippen LogP) is 19.1. The standard InChI is InChI=1S/C59H108O5/c1-4-7-10-13-16-19-22-25-27-28-29-30-31-33-36-39-42-45-48-51-54-62-55-57(64-59(61)53-50-47-44-41-38-34-24-21-18-15-12-9-6-3)56-63-58(60)52-49-46-43-40-37-35-32-26-23-20-17-14-11-8-5-2/h8,11,17,20-21,24,26,32,57H,4-7,9-10,12-16,18-19,22-23,25,27-31,33-56H2,1-3H3/b11-8-,20-17-,24-21-,32-26-. The average molecular weight is 898 g/mol. The average Bonchev–Trinajstić information content (AvgIpc) is 3.30. The van der Waals surface area contributed by atoms with E-state index < -0.39 is 6.10 Å². The number of ether oxygens (including phenoxy) is 3. The normalized spacial score (nSPS) is 12.5. The first kappa shape index (κ1) is 61.9. The molecule has 0 aliphatic rings. The van der Waals surface area contributed by atoms with Crippen LogP contribution in [0.5, 0.6) is 0 Å². The van der Waals surface area contributed by atoms with E-state index in [1.54, 1.807) is 0 Å². The molecule has 0 aliphatic heterocycles. The van der Waals surface area contributed by atoms with Gasteiger partial charge in [-0.3, -0.25) is 9.59 Å². The van der Waals surface area contributed by atoms with Crippen molar-refractivity contribution in [2.24, 2.45) is 0 Å². The maximum atomic E-state index is 12.8. The number of carbonyl (C=O) groups excluding carboxylic acids is 2. The Morgan fingerprint density at radius 2 is 0.703 bits per heavy atom. The van der Waals surface area contributed by atoms with Gasteiger partial charge in [-0.2, -0.15) is 0 Å². The van der Waals surface area contributed by atoms with Gasteiger partial charge in [0.25, 0.3) is 0 Å². The summed E-state index contributed by atoms with van der Waals surface area (Å²) in [6, 6.07) is 0. The van der Waals surface area contributed by atoms with Crippen LogP contribution in [0.15, 0.2) is 48.6 Å². The van der Waals surface area contributed by atoms with Gasteiger partial charge in [0.2, 0.25) is 0 Å². The van der Waals surface area contributed by atoms with Crippen LogP contribution >= 0.6 is 0 Å². The summed E-state index contributed by atoms with van der Waals surface area (Å²) in [6.45, 7) is 7.72. The van der Waals surface area contributed by atoms with Gasteiger partial charge in [0.15, 0.2) is 6.10 Å². The van der Waals surface area contributed by atoms with Crippen LogP contribution in [-0.2, 0) is 23.8 Å². The minimum absolute atomic E-state index is 0.0763. The third-order valence-corrected chi connectivity index (χ3v) is 12.3. The van der Waals surface area contributed by atoms with Crippen LogP contribution < -0.4 is 0 Å². The smallest absolute Gasteiger partial charge is 0.306 e. The molecule has 0 saturated carbocycles. The molecule has 0 spiro atoms. The van der Waals surface area contributed by atoms with Crippen molar-refractivity contribution in [3.63, 3.8) is 0 Å². The van der Waals surface area contributed by atoms with Crippen LogP contribution in [0.4, 0.5) is 0 Å². The number of hydrogen-bond donors (Lipinski definition) is 0. The van der Waals surface area contributed by atoms with E-state index in [2.05, 4.69) is 69.4 Å². The quantitative estimate of drug-likeness (QED) is 0.0346. The van der Waals surface area contributed by atoms with Gasteiger partial charge in [-0.05, 0) is 77.0 Å². The van der Waals surface area contributed by atoms with Crippen LogP contribution in [0.25, 0.3) is 0 Å². The largest absolute Gasteiger partial charge is 0.462 e. The molecule has 0 rings (SSSR count). The maximum absolute atomic E-state index is 12.8. The molecule has 1 atom stereocenters. The van der Waals surface area contributed by atoms with Gasteiger partial charge in [-0.25, -0.2) is 0 Å². The highest BCUT2D eigenvalue weighted by Crippen LogP contribution is 2.16. The number of carbonyl (C=O) groups is 2. The molecule has 64 heavy (non-hydrogen) atoms. The van der Waals surface area contributed by atoms with Crippen molar-refractivity contribution in [2.75, 3.05) is 19.8 Å². The van der Waals surface area contributed by atoms with Gasteiger partial charge in [-0.15, -0.1) is 0 Å². The molecular formula is C59H108O5. The number of allylic oxidation sites excluding steroid dienone is 8. The fourth-order valence-electron chi connectivity index (χ4n) is 8.17. The van der Waals surface area contributed by atoms with Gasteiger partial charge < -0.3 is 14.2 Å². The molecule has 0 radical (unpaired) electrons. The van der Waals surface area contributed by atoms with Gasteiger partial charge in [0.1, 0.15) is 6.61 Å². The molecule has 0 heterocycles. The molecule has 0 saturated heterocycles. The minimum atomic E-state index is -0.545. The van der Waals surface area contributed by atoms with Gasteiger partial charge in [0, 0.05) is 19.4 Å². The van der Waals surface area contributed by atoms with Crippen molar-refractivity contribution in [2.45, 2.75) is 297 Å². The summed E-state index contributed by atoms with van der Waals surface area (Å²) < 4.78 is 17.4. The Labute approximate surface area is 399 Å². The van der Waals surface area contributed by atoms with Crippen molar-refractivity contribution >= 4 is 11.9 Å². The highest BCUT2D eigenvalue weighted by atomic mass is 16.6. The molecule has 0 fully saturated rings. The molecular weight excluding hydrogens is 789 g/mol. The molecule has 0 aromatic heterocycles. The Morgan fingerprint density at radius 1 is 0.359 bits per heavy atom. The molecule has 0 aromatic carbocycles. The first-order valence-corrected chi connectivity index (χ1v) is 28.2. The Kier molecular flexibility index (Phi) is 53.3. The summed E-state index contributed by atoms with van der Waals surface area (Å²) in [5.41, 5.74) is 0. The molecule has 5 heteroatoms. The van der Waals surface area contributed by atoms with Gasteiger partial charge in [-0.1, -0.05) is 249 Å². The van der Waals surface area contributed by atoms with E-state index in [1.165, 1.54) is 180 Å². The summed E-state index contributed by atoms with van der Waals surface area (Å²) >= 11 is 0. The van der Waals surface area contributed by atoms with E-state index in [-0.39, 0.29) is 25.2 Å². The highest BCUT2D eigenvalue weighted by molar-refractivity contribution is 5.70. The molecule has 0 N–H and O–H groups in total. The molecule has 0 aliphatic carbocycles. The first-order chi connectivity index (χ1) is 31.6. The van der Waals surface area contributed by atoms with E-state index in [9.17, 15) is 9.59 Å². The van der Waals surface area contributed by atoms with Crippen LogP contribution in [0.3, 0.4) is 0 Å². The molecule has 1 unspecified atom stereocenters. The van der Waals surface area contributed by atoms with Crippen molar-refractivity contribution in [3.05, 3.63) is 48.6 Å². The third-order valence-electron chi connectivity index (χ3n) is 12.3. The zero-order valence-corrected chi connectivity index (χ0v) is 43.1. The van der Waals surface area contributed by atoms with Crippen molar-refractivity contribution in [1.82, 2.24) is 0 Å². The number of hydrogen-bond acceptors (Lipinski definition) is 5. The number of unbranched alkanes of at least 4 members (excludes halogenated alkanes) is 33. The van der Waals surface area contributed by atoms with Crippen LogP contribution in [-0.4, -0.2) is 37.9 Å². The lowest BCUT2D eigenvalue weighted by Crippen LogP contribution is -2.30. The molecule has 5 nitrogen and oxygen atoms in total. The molecule has 0 aromatic rings. The second-order valence-corrected chi connectivity index (χ2v) is 18.8. The van der Waals surface area contributed by atoms with Crippen molar-refractivity contribution in [1.29, 1.82) is 0 Å². The van der Waals surface area contributed by atoms with Crippen LogP contribution in [0.1, 0.15) is 290 Å². The Balaban J connectivity index is 4.22. The predicted molar refractivity (Wildman–Crippen MR) is 279 cm³/mol. The molecule has 0 amide bonds. The second-order valence-electron chi connectivity index (χ2n) is 18.8. The maximum Gasteiger partial charge on any atom is 0.306 e. The van der Waals surface area contributed by atoms with E-state index in [0.29, 0.717) is 19.4 Å². The lowest BCUT2D eigenvalue weighted by molar-refractivity contribution is -0.163. The highest BCUT2D eigenvalue weighted by Gasteiger charge is 2.17. The second kappa shape index (κ2) is 55.2. The fourth-order valence-corrected chi connectivity index (χ4v) is 8.17. The van der Waals surface area contributed by atoms with Crippen molar-refractivity contribution in [3.8, 4) is 0 Å². The molecule has 0 bridgehead atoms. The topological polar surface area (TPSA) is 61.8 Å². The monoisotopic (exact) mass is 897 g/mol. The summed E-state index contributed by atoms with van der Waals surface area (Å²) in [6.07, 6.45) is 68.5.